The summed E-state index contributed by atoms with van der Waals surface area (Å²) >= 11 is 0. The first-order chi connectivity index (χ1) is 14.3. The molecule has 1 heterocycles. The quantitative estimate of drug-likeness (QED) is 0.338. The molecule has 0 aliphatic heterocycles. The minimum absolute atomic E-state index is 0.0197. The number of non-ortho nitro benzene ring substituents is 1. The van der Waals surface area contributed by atoms with Crippen molar-refractivity contribution in [3.8, 4) is 0 Å². The number of nitrogens with one attached hydrogen (secondary N) is 1. The summed E-state index contributed by atoms with van der Waals surface area (Å²) in [5, 5.41) is 13.5. The number of benzene rings is 2. The van der Waals surface area contributed by atoms with Gasteiger partial charge in [-0.1, -0.05) is 30.3 Å². The molecule has 0 bridgehead atoms. The molecule has 156 valence electrons. The Morgan fingerprint density at radius 3 is 2.67 bits per heavy atom. The maximum absolute atomic E-state index is 12.2. The molecule has 2 aromatic carbocycles. The third kappa shape index (κ3) is 4.90. The summed E-state index contributed by atoms with van der Waals surface area (Å²) in [6.07, 6.45) is -0.418. The molecule has 1 N–H and O–H groups in total. The monoisotopic (exact) mass is 413 g/mol. The van der Waals surface area contributed by atoms with Crippen LogP contribution in [0.4, 0.5) is 5.69 Å². The van der Waals surface area contributed by atoms with E-state index in [4.69, 9.17) is 9.15 Å². The highest BCUT2D eigenvalue weighted by molar-refractivity contribution is 5.84. The summed E-state index contributed by atoms with van der Waals surface area (Å²) in [7, 11) is 0. The van der Waals surface area contributed by atoms with Crippen LogP contribution in [0, 0.1) is 10.1 Å². The number of carbonyl (C=O) groups excluding carboxylic acids is 2. The molecule has 1 atom stereocenters. The zero-order chi connectivity index (χ0) is 21.7. The van der Waals surface area contributed by atoms with E-state index in [1.165, 1.54) is 19.1 Å². The van der Waals surface area contributed by atoms with Crippen LogP contribution >= 0.6 is 0 Å². The minimum atomic E-state index is -1.05. The van der Waals surface area contributed by atoms with Crippen molar-refractivity contribution >= 4 is 28.7 Å². The second kappa shape index (κ2) is 9.03. The highest BCUT2D eigenvalue weighted by atomic mass is 16.6. The van der Waals surface area contributed by atoms with Gasteiger partial charge in [0.25, 0.3) is 11.6 Å². The lowest BCUT2D eigenvalue weighted by Gasteiger charge is -2.13. The van der Waals surface area contributed by atoms with Gasteiger partial charge in [0.2, 0.25) is 0 Å². The highest BCUT2D eigenvalue weighted by Gasteiger charge is 2.20. The van der Waals surface area contributed by atoms with Crippen LogP contribution in [-0.4, -0.2) is 34.0 Å². The molecule has 10 heteroatoms. The minimum Gasteiger partial charge on any atom is -0.451 e. The summed E-state index contributed by atoms with van der Waals surface area (Å²) in [5.41, 5.74) is 1.01. The fourth-order valence-corrected chi connectivity index (χ4v) is 2.85. The number of hydrogen-bond acceptors (Lipinski definition) is 7. The predicted molar refractivity (Wildman–Crippen MR) is 106 cm³/mol. The Morgan fingerprint density at radius 1 is 1.23 bits per heavy atom. The van der Waals surface area contributed by atoms with Crippen LogP contribution in [0.3, 0.4) is 0 Å². The Labute approximate surface area is 170 Å². The molecule has 30 heavy (non-hydrogen) atoms. The van der Waals surface area contributed by atoms with Crippen molar-refractivity contribution in [1.29, 1.82) is 0 Å². The first-order valence-corrected chi connectivity index (χ1v) is 9.14. The number of aromatic nitrogens is 1. The molecule has 0 fully saturated rings. The zero-order valence-corrected chi connectivity index (χ0v) is 16.1. The van der Waals surface area contributed by atoms with E-state index in [0.29, 0.717) is 13.0 Å². The van der Waals surface area contributed by atoms with Gasteiger partial charge in [0.15, 0.2) is 11.7 Å². The smallest absolute Gasteiger partial charge is 0.420 e. The summed E-state index contributed by atoms with van der Waals surface area (Å²) in [6.45, 7) is 1.32. The van der Waals surface area contributed by atoms with Crippen molar-refractivity contribution in [2.75, 3.05) is 6.54 Å². The Hall–Kier alpha value is -3.95. The first kappa shape index (κ1) is 20.8. The molecule has 1 amide bonds. The van der Waals surface area contributed by atoms with Gasteiger partial charge in [0.1, 0.15) is 6.54 Å². The number of esters is 1. The van der Waals surface area contributed by atoms with E-state index in [2.05, 4.69) is 5.32 Å². The summed E-state index contributed by atoms with van der Waals surface area (Å²) in [5.74, 6) is -2.13. The van der Waals surface area contributed by atoms with Crippen LogP contribution < -0.4 is 11.1 Å². The Kier molecular flexibility index (Phi) is 6.26. The molecule has 0 unspecified atom stereocenters. The maximum Gasteiger partial charge on any atom is 0.420 e. The van der Waals surface area contributed by atoms with Gasteiger partial charge in [-0.2, -0.15) is 0 Å². The maximum atomic E-state index is 12.2. The molecule has 0 aliphatic carbocycles. The Morgan fingerprint density at radius 2 is 1.97 bits per heavy atom. The number of ether oxygens (including phenoxy) is 1. The number of nitro groups is 1. The van der Waals surface area contributed by atoms with Gasteiger partial charge in [-0.15, -0.1) is 0 Å². The Balaban J connectivity index is 1.57. The first-order valence-electron chi connectivity index (χ1n) is 9.14. The number of nitro benzene ring substituents is 1. The van der Waals surface area contributed by atoms with E-state index < -0.39 is 35.2 Å². The molecule has 1 aromatic heterocycles. The van der Waals surface area contributed by atoms with Gasteiger partial charge in [0.05, 0.1) is 16.5 Å². The lowest BCUT2D eigenvalue weighted by Crippen LogP contribution is -2.37. The average molecular weight is 413 g/mol. The van der Waals surface area contributed by atoms with Crippen LogP contribution in [-0.2, 0) is 27.3 Å². The van der Waals surface area contributed by atoms with Gasteiger partial charge < -0.3 is 14.5 Å². The summed E-state index contributed by atoms with van der Waals surface area (Å²) in [6, 6.07) is 13.2. The molecule has 0 aliphatic rings. The molecule has 10 nitrogen and oxygen atoms in total. The van der Waals surface area contributed by atoms with E-state index in [-0.39, 0.29) is 16.8 Å². The van der Waals surface area contributed by atoms with Gasteiger partial charge in [-0.25, -0.2) is 4.79 Å². The SMILES string of the molecule is C[C@@H](OC(=O)Cn1c(=O)oc2cc([N+](=O)[O-])ccc21)C(=O)NCCc1ccccc1. The van der Waals surface area contributed by atoms with Crippen LogP contribution in [0.2, 0.25) is 0 Å². The third-order valence-electron chi connectivity index (χ3n) is 4.38. The number of fused-ring (bicyclic) bond motifs is 1. The van der Waals surface area contributed by atoms with E-state index >= 15 is 0 Å². The number of oxazole rings is 1. The van der Waals surface area contributed by atoms with Crippen molar-refractivity contribution in [2.24, 2.45) is 0 Å². The van der Waals surface area contributed by atoms with E-state index in [9.17, 15) is 24.5 Å². The topological polar surface area (TPSA) is 134 Å². The largest absolute Gasteiger partial charge is 0.451 e. The lowest BCUT2D eigenvalue weighted by atomic mass is 10.1. The predicted octanol–water partition coefficient (Wildman–Crippen LogP) is 1.79. The van der Waals surface area contributed by atoms with Crippen molar-refractivity contribution in [3.05, 3.63) is 74.8 Å². The van der Waals surface area contributed by atoms with E-state index in [1.807, 2.05) is 30.3 Å². The van der Waals surface area contributed by atoms with E-state index in [1.54, 1.807) is 0 Å². The van der Waals surface area contributed by atoms with Gasteiger partial charge in [0, 0.05) is 12.6 Å². The van der Waals surface area contributed by atoms with Crippen molar-refractivity contribution in [2.45, 2.75) is 26.0 Å². The fourth-order valence-electron chi connectivity index (χ4n) is 2.85. The normalized spacial score (nSPS) is 11.8. The van der Waals surface area contributed by atoms with Crippen molar-refractivity contribution in [3.63, 3.8) is 0 Å². The number of hydrogen-bond donors (Lipinski definition) is 1. The molecule has 0 saturated heterocycles. The van der Waals surface area contributed by atoms with Gasteiger partial charge in [-0.3, -0.25) is 24.3 Å². The van der Waals surface area contributed by atoms with Crippen molar-refractivity contribution in [1.82, 2.24) is 9.88 Å². The second-order valence-electron chi connectivity index (χ2n) is 6.52. The lowest BCUT2D eigenvalue weighted by molar-refractivity contribution is -0.384. The van der Waals surface area contributed by atoms with Crippen LogP contribution in [0.25, 0.3) is 11.1 Å². The molecule has 3 rings (SSSR count). The second-order valence-corrected chi connectivity index (χ2v) is 6.52. The number of carbonyl (C=O) groups is 2. The van der Waals surface area contributed by atoms with Gasteiger partial charge in [-0.05, 0) is 25.0 Å². The number of amides is 1. The summed E-state index contributed by atoms with van der Waals surface area (Å²) < 4.78 is 11.0. The number of nitrogens with zero attached hydrogens (tertiary/aromatic N) is 2. The van der Waals surface area contributed by atoms with Crippen LogP contribution in [0.1, 0.15) is 12.5 Å². The molecular formula is C20H19N3O7. The average Bonchev–Trinajstić information content (AvgIpc) is 3.02. The zero-order valence-electron chi connectivity index (χ0n) is 16.1. The molecule has 0 spiro atoms. The highest BCUT2D eigenvalue weighted by Crippen LogP contribution is 2.20. The van der Waals surface area contributed by atoms with E-state index in [0.717, 1.165) is 16.2 Å². The summed E-state index contributed by atoms with van der Waals surface area (Å²) in [4.78, 5) is 46.5. The van der Waals surface area contributed by atoms with Crippen LogP contribution in [0.5, 0.6) is 0 Å². The van der Waals surface area contributed by atoms with Crippen molar-refractivity contribution < 1.29 is 23.7 Å². The molecule has 3 aromatic rings. The van der Waals surface area contributed by atoms with Crippen LogP contribution in [0.15, 0.2) is 57.7 Å². The third-order valence-corrected chi connectivity index (χ3v) is 4.38. The van der Waals surface area contributed by atoms with Gasteiger partial charge >= 0.3 is 11.7 Å². The molecule has 0 radical (unpaired) electrons. The molecule has 0 saturated carbocycles. The fraction of sp³-hybridized carbons (Fsp3) is 0.250. The Bertz CT molecular complexity index is 1130. The standard InChI is InChI=1S/C20H19N3O7/c1-13(19(25)21-10-9-14-5-3-2-4-6-14)29-18(24)12-22-16-8-7-15(23(27)28)11-17(16)30-20(22)26/h2-8,11,13H,9-10,12H2,1H3,(H,21,25)/t13-/m1/s1. The number of rotatable bonds is 8. The molecular weight excluding hydrogens is 394 g/mol.